The highest BCUT2D eigenvalue weighted by atomic mass is 16.4. The van der Waals surface area contributed by atoms with E-state index >= 15 is 0 Å². The van der Waals surface area contributed by atoms with Crippen molar-refractivity contribution in [1.82, 2.24) is 5.32 Å². The number of hydrogen-bond donors (Lipinski definition) is 3. The largest absolute Gasteiger partial charge is 0.481 e. The highest BCUT2D eigenvalue weighted by Crippen LogP contribution is 2.15. The summed E-state index contributed by atoms with van der Waals surface area (Å²) in [4.78, 5) is 31.9. The van der Waals surface area contributed by atoms with Gasteiger partial charge in [0.2, 0.25) is 5.91 Å². The van der Waals surface area contributed by atoms with E-state index in [-0.39, 0.29) is 24.0 Å². The molecule has 0 aromatic carbocycles. The van der Waals surface area contributed by atoms with E-state index in [1.54, 1.807) is 6.92 Å². The number of carboxylic acid groups (broad SMARTS) is 1. The number of carbonyl (C=O) groups excluding carboxylic acids is 2. The van der Waals surface area contributed by atoms with Crippen molar-refractivity contribution >= 4 is 17.7 Å². The molecule has 0 aliphatic heterocycles. The van der Waals surface area contributed by atoms with Crippen molar-refractivity contribution in [1.29, 1.82) is 0 Å². The molecule has 0 aliphatic rings. The minimum absolute atomic E-state index is 0.0383. The fraction of sp³-hybridized carbons (Fsp3) is 0.842. The molecule has 2 atom stereocenters. The standard InChI is InChI=1S/C10H19NO3.C9H19NO/c1-7(2)4-9(5-10(13)14)6-11-8(3)12;1-7(2)4-9(6-10)5-8(3)11/h7,9H,4-6H2,1-3H3,(H,11,12)(H,13,14);7,9H,4-6,10H2,1-3H3/t;9-/m.0/s1. The van der Waals surface area contributed by atoms with Gasteiger partial charge in [-0.15, -0.1) is 0 Å². The molecule has 0 bridgehead atoms. The third-order valence-corrected chi connectivity index (χ3v) is 3.62. The zero-order valence-electron chi connectivity index (χ0n) is 16.8. The summed E-state index contributed by atoms with van der Waals surface area (Å²) in [5, 5.41) is 11.3. The van der Waals surface area contributed by atoms with E-state index in [1.165, 1.54) is 6.92 Å². The van der Waals surface area contributed by atoms with E-state index < -0.39 is 5.97 Å². The lowest BCUT2D eigenvalue weighted by molar-refractivity contribution is -0.138. The first-order chi connectivity index (χ1) is 11.5. The molecular formula is C19H38N2O4. The fourth-order valence-corrected chi connectivity index (χ4v) is 2.78. The molecule has 0 saturated carbocycles. The molecule has 0 aromatic rings. The molecule has 0 saturated heterocycles. The predicted molar refractivity (Wildman–Crippen MR) is 101 cm³/mol. The van der Waals surface area contributed by atoms with Gasteiger partial charge in [0.05, 0.1) is 0 Å². The van der Waals surface area contributed by atoms with Crippen molar-refractivity contribution < 1.29 is 19.5 Å². The van der Waals surface area contributed by atoms with Crippen LogP contribution in [0.5, 0.6) is 0 Å². The van der Waals surface area contributed by atoms with E-state index in [0.29, 0.717) is 37.3 Å². The molecule has 0 aliphatic carbocycles. The number of ketones is 1. The predicted octanol–water partition coefficient (Wildman–Crippen LogP) is 2.85. The minimum atomic E-state index is -0.805. The molecule has 1 unspecified atom stereocenters. The molecule has 0 fully saturated rings. The van der Waals surface area contributed by atoms with E-state index in [1.807, 2.05) is 13.8 Å². The molecule has 0 spiro atoms. The Bertz CT molecular complexity index is 395. The molecule has 0 rings (SSSR count). The number of hydrogen-bond acceptors (Lipinski definition) is 4. The van der Waals surface area contributed by atoms with E-state index in [0.717, 1.165) is 12.8 Å². The quantitative estimate of drug-likeness (QED) is 0.526. The van der Waals surface area contributed by atoms with Crippen molar-refractivity contribution in [3.8, 4) is 0 Å². The normalized spacial score (nSPS) is 13.0. The van der Waals surface area contributed by atoms with Gasteiger partial charge in [-0.2, -0.15) is 0 Å². The van der Waals surface area contributed by atoms with Crippen LogP contribution in [0.2, 0.25) is 0 Å². The van der Waals surface area contributed by atoms with E-state index in [9.17, 15) is 14.4 Å². The highest BCUT2D eigenvalue weighted by molar-refractivity contribution is 5.75. The summed E-state index contributed by atoms with van der Waals surface area (Å²) in [5.74, 6) is 0.867. The van der Waals surface area contributed by atoms with Crippen LogP contribution < -0.4 is 11.1 Å². The van der Waals surface area contributed by atoms with Gasteiger partial charge in [-0.1, -0.05) is 27.7 Å². The Labute approximate surface area is 152 Å². The second-order valence-corrected chi connectivity index (χ2v) is 7.67. The van der Waals surface area contributed by atoms with Crippen LogP contribution in [0.1, 0.15) is 67.2 Å². The first-order valence-electron chi connectivity index (χ1n) is 9.13. The number of carboxylic acids is 1. The van der Waals surface area contributed by atoms with Crippen LogP contribution in [0.25, 0.3) is 0 Å². The third-order valence-electron chi connectivity index (χ3n) is 3.62. The summed E-state index contributed by atoms with van der Waals surface area (Å²) in [7, 11) is 0. The number of carbonyl (C=O) groups is 3. The second-order valence-electron chi connectivity index (χ2n) is 7.67. The molecular weight excluding hydrogens is 320 g/mol. The molecule has 6 nitrogen and oxygen atoms in total. The summed E-state index contributed by atoms with van der Waals surface area (Å²) < 4.78 is 0. The van der Waals surface area contributed by atoms with Gasteiger partial charge in [0.15, 0.2) is 0 Å². The topological polar surface area (TPSA) is 109 Å². The summed E-state index contributed by atoms with van der Waals surface area (Å²) in [6.45, 7) is 12.6. The fourth-order valence-electron chi connectivity index (χ4n) is 2.78. The summed E-state index contributed by atoms with van der Waals surface area (Å²) in [6, 6.07) is 0. The van der Waals surface area contributed by atoms with Crippen molar-refractivity contribution in [2.45, 2.75) is 67.2 Å². The smallest absolute Gasteiger partial charge is 0.303 e. The maximum absolute atomic E-state index is 10.7. The molecule has 0 radical (unpaired) electrons. The van der Waals surface area contributed by atoms with Crippen LogP contribution >= 0.6 is 0 Å². The molecule has 4 N–H and O–H groups in total. The molecule has 0 heterocycles. The van der Waals surface area contributed by atoms with Crippen molar-refractivity contribution in [3.63, 3.8) is 0 Å². The van der Waals surface area contributed by atoms with Gasteiger partial charge in [-0.3, -0.25) is 9.59 Å². The molecule has 6 heteroatoms. The first kappa shape index (κ1) is 25.8. The lowest BCUT2D eigenvalue weighted by Crippen LogP contribution is -2.29. The van der Waals surface area contributed by atoms with Crippen LogP contribution in [0.15, 0.2) is 0 Å². The average molecular weight is 359 g/mol. The van der Waals surface area contributed by atoms with Crippen LogP contribution in [-0.2, 0) is 14.4 Å². The summed E-state index contributed by atoms with van der Waals surface area (Å²) >= 11 is 0. The lowest BCUT2D eigenvalue weighted by Gasteiger charge is -2.16. The number of amides is 1. The maximum atomic E-state index is 10.7. The SMILES string of the molecule is CC(=O)C[C@@H](CN)CC(C)C.CC(=O)NCC(CC(=O)O)CC(C)C. The molecule has 0 aromatic heterocycles. The number of nitrogens with one attached hydrogen (secondary N) is 1. The van der Waals surface area contributed by atoms with Gasteiger partial charge in [0.1, 0.15) is 5.78 Å². The van der Waals surface area contributed by atoms with Crippen LogP contribution in [0.4, 0.5) is 0 Å². The monoisotopic (exact) mass is 358 g/mol. The molecule has 148 valence electrons. The number of Topliss-reactive ketones (excluding diaryl/α,β-unsaturated/α-hetero) is 1. The second kappa shape index (κ2) is 14.9. The number of rotatable bonds is 11. The van der Waals surface area contributed by atoms with Crippen molar-refractivity contribution in [3.05, 3.63) is 0 Å². The van der Waals surface area contributed by atoms with Crippen molar-refractivity contribution in [2.75, 3.05) is 13.1 Å². The number of aliphatic carboxylic acids is 1. The molecule has 25 heavy (non-hydrogen) atoms. The van der Waals surface area contributed by atoms with E-state index in [2.05, 4.69) is 19.2 Å². The molecule has 1 amide bonds. The Hall–Kier alpha value is -1.43. The lowest BCUT2D eigenvalue weighted by atomic mass is 9.93. The highest BCUT2D eigenvalue weighted by Gasteiger charge is 2.15. The Morgan fingerprint density at radius 1 is 0.920 bits per heavy atom. The zero-order valence-corrected chi connectivity index (χ0v) is 16.8. The Kier molecular flexibility index (Phi) is 15.4. The maximum Gasteiger partial charge on any atom is 0.303 e. The Morgan fingerprint density at radius 2 is 1.40 bits per heavy atom. The average Bonchev–Trinajstić information content (AvgIpc) is 2.42. The van der Waals surface area contributed by atoms with Gasteiger partial charge in [0.25, 0.3) is 0 Å². The van der Waals surface area contributed by atoms with Crippen LogP contribution in [-0.4, -0.2) is 35.9 Å². The third kappa shape index (κ3) is 20.5. The van der Waals surface area contributed by atoms with Crippen LogP contribution in [0, 0.1) is 23.7 Å². The van der Waals surface area contributed by atoms with Crippen LogP contribution in [0.3, 0.4) is 0 Å². The minimum Gasteiger partial charge on any atom is -0.481 e. The first-order valence-corrected chi connectivity index (χ1v) is 9.13. The van der Waals surface area contributed by atoms with Gasteiger partial charge in [0, 0.05) is 26.3 Å². The van der Waals surface area contributed by atoms with E-state index in [4.69, 9.17) is 10.8 Å². The van der Waals surface area contributed by atoms with Crippen molar-refractivity contribution in [2.24, 2.45) is 29.4 Å². The summed E-state index contributed by atoms with van der Waals surface area (Å²) in [6.07, 6.45) is 2.66. The summed E-state index contributed by atoms with van der Waals surface area (Å²) in [5.41, 5.74) is 5.52. The zero-order chi connectivity index (χ0) is 20.0. The van der Waals surface area contributed by atoms with Gasteiger partial charge in [-0.25, -0.2) is 0 Å². The Morgan fingerprint density at radius 3 is 1.72 bits per heavy atom. The van der Waals surface area contributed by atoms with Gasteiger partial charge < -0.3 is 21.0 Å². The van der Waals surface area contributed by atoms with Gasteiger partial charge in [-0.05, 0) is 50.0 Å². The number of nitrogens with two attached hydrogens (primary N) is 1. The Balaban J connectivity index is 0. The van der Waals surface area contributed by atoms with Gasteiger partial charge >= 0.3 is 5.97 Å².